The number of aromatic nitrogens is 2. The quantitative estimate of drug-likeness (QED) is 0.745. The topological polar surface area (TPSA) is 84.9 Å². The molecule has 2 aromatic heterocycles. The average molecular weight is 346 g/mol. The molecule has 3 rings (SSSR count). The molecule has 0 unspecified atom stereocenters. The van der Waals surface area contributed by atoms with E-state index in [9.17, 15) is 4.79 Å². The van der Waals surface area contributed by atoms with Crippen LogP contribution in [-0.4, -0.2) is 10.1 Å². The fourth-order valence-electron chi connectivity index (χ4n) is 2.14. The Morgan fingerprint density at radius 3 is 2.67 bits per heavy atom. The minimum Gasteiger partial charge on any atom is -0.367 e. The van der Waals surface area contributed by atoms with E-state index in [1.807, 2.05) is 31.2 Å². The molecular formula is C15H12BrN3O2. The number of anilines is 1. The lowest BCUT2D eigenvalue weighted by Gasteiger charge is -2.03. The van der Waals surface area contributed by atoms with Gasteiger partial charge in [-0.05, 0) is 24.6 Å². The first-order valence-electron chi connectivity index (χ1n) is 6.27. The molecule has 21 heavy (non-hydrogen) atoms. The van der Waals surface area contributed by atoms with Crippen LogP contribution >= 0.6 is 15.9 Å². The van der Waals surface area contributed by atoms with E-state index in [1.165, 1.54) is 6.07 Å². The number of aromatic amines is 1. The number of benzene rings is 1. The van der Waals surface area contributed by atoms with E-state index in [2.05, 4.69) is 26.1 Å². The summed E-state index contributed by atoms with van der Waals surface area (Å²) in [6, 6.07) is 9.08. The number of hydrogen-bond acceptors (Lipinski definition) is 4. The Labute approximate surface area is 128 Å². The monoisotopic (exact) mass is 345 g/mol. The molecule has 1 aromatic carbocycles. The zero-order valence-corrected chi connectivity index (χ0v) is 12.8. The van der Waals surface area contributed by atoms with Crippen molar-refractivity contribution in [1.29, 1.82) is 0 Å². The first kappa shape index (κ1) is 13.6. The summed E-state index contributed by atoms with van der Waals surface area (Å²) in [7, 11) is 0. The fraction of sp³-hybridized carbons (Fsp3) is 0.0667. The van der Waals surface area contributed by atoms with Crippen molar-refractivity contribution in [3.63, 3.8) is 0 Å². The summed E-state index contributed by atoms with van der Waals surface area (Å²) in [5.41, 5.74) is 8.86. The standard InChI is InChI=1S/C15H12BrN3O2/c1-8-6-12(20)11(7-18-8)14-13(15(17)21-19-14)9-2-4-10(16)5-3-9/h2-7H,17H2,1H3,(H,18,20). The Hall–Kier alpha value is -2.34. The molecule has 0 saturated heterocycles. The van der Waals surface area contributed by atoms with E-state index in [0.717, 1.165) is 15.7 Å². The molecule has 0 saturated carbocycles. The smallest absolute Gasteiger partial charge is 0.230 e. The van der Waals surface area contributed by atoms with Gasteiger partial charge >= 0.3 is 0 Å². The van der Waals surface area contributed by atoms with Crippen molar-refractivity contribution >= 4 is 21.8 Å². The van der Waals surface area contributed by atoms with Crippen molar-refractivity contribution < 1.29 is 4.52 Å². The van der Waals surface area contributed by atoms with Crippen LogP contribution in [0, 0.1) is 6.92 Å². The third kappa shape index (κ3) is 2.50. The molecule has 106 valence electrons. The molecule has 3 aromatic rings. The summed E-state index contributed by atoms with van der Waals surface area (Å²) in [5, 5.41) is 3.94. The molecule has 0 aliphatic heterocycles. The van der Waals surface area contributed by atoms with Crippen LogP contribution in [0.15, 0.2) is 50.3 Å². The van der Waals surface area contributed by atoms with Crippen molar-refractivity contribution in [3.05, 3.63) is 56.9 Å². The number of halogens is 1. The maximum atomic E-state index is 12.1. The van der Waals surface area contributed by atoms with Crippen LogP contribution in [0.4, 0.5) is 5.88 Å². The van der Waals surface area contributed by atoms with E-state index in [0.29, 0.717) is 16.8 Å². The van der Waals surface area contributed by atoms with Crippen LogP contribution in [0.3, 0.4) is 0 Å². The second kappa shape index (κ2) is 5.21. The highest BCUT2D eigenvalue weighted by Gasteiger charge is 2.19. The van der Waals surface area contributed by atoms with Crippen LogP contribution < -0.4 is 11.2 Å². The van der Waals surface area contributed by atoms with E-state index < -0.39 is 0 Å². The lowest BCUT2D eigenvalue weighted by molar-refractivity contribution is 0.439. The number of nitrogen functional groups attached to an aromatic ring is 1. The SMILES string of the molecule is Cc1cc(=O)c(-c2noc(N)c2-c2ccc(Br)cc2)c[nH]1. The number of nitrogens with two attached hydrogens (primary N) is 1. The van der Waals surface area contributed by atoms with Crippen LogP contribution in [-0.2, 0) is 0 Å². The summed E-state index contributed by atoms with van der Waals surface area (Å²) in [6.45, 7) is 1.82. The number of aryl methyl sites for hydroxylation is 1. The van der Waals surface area contributed by atoms with Gasteiger partial charge in [0, 0.05) is 22.4 Å². The Balaban J connectivity index is 2.21. The molecule has 3 N–H and O–H groups in total. The number of H-pyrrole nitrogens is 1. The van der Waals surface area contributed by atoms with E-state index in [1.54, 1.807) is 6.20 Å². The van der Waals surface area contributed by atoms with Gasteiger partial charge in [-0.1, -0.05) is 33.2 Å². The molecule has 0 aliphatic rings. The number of pyridine rings is 1. The summed E-state index contributed by atoms with van der Waals surface area (Å²) in [5.74, 6) is 0.187. The normalized spacial score (nSPS) is 10.8. The summed E-state index contributed by atoms with van der Waals surface area (Å²) in [6.07, 6.45) is 1.62. The molecule has 0 aliphatic carbocycles. The van der Waals surface area contributed by atoms with E-state index >= 15 is 0 Å². The lowest BCUT2D eigenvalue weighted by Crippen LogP contribution is -2.06. The maximum absolute atomic E-state index is 12.1. The van der Waals surface area contributed by atoms with Gasteiger partial charge in [-0.3, -0.25) is 4.79 Å². The largest absolute Gasteiger partial charge is 0.367 e. The Bertz CT molecular complexity index is 850. The van der Waals surface area contributed by atoms with Gasteiger partial charge in [-0.25, -0.2) is 0 Å². The van der Waals surface area contributed by atoms with Gasteiger partial charge in [-0.2, -0.15) is 0 Å². The molecule has 0 amide bonds. The predicted octanol–water partition coefficient (Wildman–Crippen LogP) is 3.35. The minimum absolute atomic E-state index is 0.127. The van der Waals surface area contributed by atoms with E-state index in [-0.39, 0.29) is 11.3 Å². The number of rotatable bonds is 2. The predicted molar refractivity (Wildman–Crippen MR) is 84.8 cm³/mol. The highest BCUT2D eigenvalue weighted by atomic mass is 79.9. The van der Waals surface area contributed by atoms with Crippen molar-refractivity contribution in [2.24, 2.45) is 0 Å². The number of hydrogen-bond donors (Lipinski definition) is 2. The molecule has 0 spiro atoms. The van der Waals surface area contributed by atoms with Crippen LogP contribution in [0.5, 0.6) is 0 Å². The zero-order chi connectivity index (χ0) is 15.0. The van der Waals surface area contributed by atoms with Crippen molar-refractivity contribution in [2.45, 2.75) is 6.92 Å². The minimum atomic E-state index is -0.127. The Morgan fingerprint density at radius 2 is 2.00 bits per heavy atom. The van der Waals surface area contributed by atoms with E-state index in [4.69, 9.17) is 10.3 Å². The summed E-state index contributed by atoms with van der Waals surface area (Å²) < 4.78 is 6.04. The molecular weight excluding hydrogens is 334 g/mol. The zero-order valence-electron chi connectivity index (χ0n) is 11.2. The molecule has 6 heteroatoms. The van der Waals surface area contributed by atoms with Gasteiger partial charge in [0.1, 0.15) is 5.69 Å². The first-order valence-corrected chi connectivity index (χ1v) is 7.06. The molecule has 2 heterocycles. The van der Waals surface area contributed by atoms with Crippen LogP contribution in [0.1, 0.15) is 5.69 Å². The van der Waals surface area contributed by atoms with Gasteiger partial charge in [0.2, 0.25) is 5.88 Å². The molecule has 0 bridgehead atoms. The van der Waals surface area contributed by atoms with Crippen molar-refractivity contribution in [1.82, 2.24) is 10.1 Å². The van der Waals surface area contributed by atoms with Gasteiger partial charge in [0.25, 0.3) is 0 Å². The highest BCUT2D eigenvalue weighted by Crippen LogP contribution is 2.35. The number of nitrogens with zero attached hydrogens (tertiary/aromatic N) is 1. The molecule has 5 nitrogen and oxygen atoms in total. The van der Waals surface area contributed by atoms with Crippen molar-refractivity contribution in [2.75, 3.05) is 5.73 Å². The lowest BCUT2D eigenvalue weighted by atomic mass is 10.0. The van der Waals surface area contributed by atoms with Crippen LogP contribution in [0.2, 0.25) is 0 Å². The fourth-order valence-corrected chi connectivity index (χ4v) is 2.40. The van der Waals surface area contributed by atoms with Crippen LogP contribution in [0.25, 0.3) is 22.4 Å². The Morgan fingerprint density at radius 1 is 1.29 bits per heavy atom. The van der Waals surface area contributed by atoms with Gasteiger partial charge in [0.15, 0.2) is 5.43 Å². The number of nitrogens with one attached hydrogen (secondary N) is 1. The van der Waals surface area contributed by atoms with Gasteiger partial charge in [0.05, 0.1) is 11.1 Å². The summed E-state index contributed by atoms with van der Waals surface area (Å²) in [4.78, 5) is 15.1. The third-order valence-corrected chi connectivity index (χ3v) is 3.69. The maximum Gasteiger partial charge on any atom is 0.230 e. The average Bonchev–Trinajstić information content (AvgIpc) is 2.82. The summed E-state index contributed by atoms with van der Waals surface area (Å²) >= 11 is 3.38. The van der Waals surface area contributed by atoms with Gasteiger partial charge < -0.3 is 15.2 Å². The third-order valence-electron chi connectivity index (χ3n) is 3.16. The molecule has 0 atom stereocenters. The second-order valence-corrected chi connectivity index (χ2v) is 5.59. The second-order valence-electron chi connectivity index (χ2n) is 4.67. The Kier molecular flexibility index (Phi) is 3.39. The van der Waals surface area contributed by atoms with Crippen molar-refractivity contribution in [3.8, 4) is 22.4 Å². The molecule has 0 radical (unpaired) electrons. The van der Waals surface area contributed by atoms with Gasteiger partial charge in [-0.15, -0.1) is 0 Å². The highest BCUT2D eigenvalue weighted by molar-refractivity contribution is 9.10. The molecule has 0 fully saturated rings. The first-order chi connectivity index (χ1) is 10.1.